The zero-order valence-corrected chi connectivity index (χ0v) is 27.4. The SMILES string of the molecule is CC(C)(C)CN.Cc1ccc(C(=O)Nc2cc(C(C)(C)C)cc3c2OCCN3)cc1-n1cc(C(=O)NCC(C)(C)C)nn1. The fourth-order valence-electron chi connectivity index (χ4n) is 3.89. The number of fused-ring (bicyclic) bond motifs is 1. The molecular weight excluding hydrogens is 542 g/mol. The Morgan fingerprint density at radius 3 is 2.28 bits per heavy atom. The molecule has 0 aliphatic carbocycles. The maximum Gasteiger partial charge on any atom is 0.273 e. The molecule has 10 heteroatoms. The lowest BCUT2D eigenvalue weighted by molar-refractivity contribution is 0.0933. The Bertz CT molecular complexity index is 1440. The van der Waals surface area contributed by atoms with Crippen molar-refractivity contribution in [3.8, 4) is 11.4 Å². The van der Waals surface area contributed by atoms with Gasteiger partial charge in [-0.3, -0.25) is 9.59 Å². The number of carbonyl (C=O) groups excluding carboxylic acids is 2. The van der Waals surface area contributed by atoms with Crippen molar-refractivity contribution >= 4 is 23.2 Å². The molecular formula is C33H49N7O3. The van der Waals surface area contributed by atoms with Gasteiger partial charge in [0.15, 0.2) is 11.4 Å². The molecule has 2 aromatic carbocycles. The molecule has 5 N–H and O–H groups in total. The highest BCUT2D eigenvalue weighted by atomic mass is 16.5. The van der Waals surface area contributed by atoms with E-state index >= 15 is 0 Å². The number of nitrogens with two attached hydrogens (primary N) is 1. The molecule has 4 rings (SSSR count). The van der Waals surface area contributed by atoms with Crippen LogP contribution in [0.15, 0.2) is 36.5 Å². The first-order chi connectivity index (χ1) is 19.9. The first-order valence-electron chi connectivity index (χ1n) is 14.8. The van der Waals surface area contributed by atoms with Crippen LogP contribution in [0.25, 0.3) is 5.69 Å². The summed E-state index contributed by atoms with van der Waals surface area (Å²) < 4.78 is 7.42. The Balaban J connectivity index is 0.000000765. The standard InChI is InChI=1S/C28H36N6O3.C5H13N/c1-17-8-9-18(12-23(17)34-15-22(32-33-34)26(36)30-16-27(2,3)4)25(35)31-21-14-19(28(5,6)7)13-20-24(21)37-11-10-29-20;1-5(2,3)4-6/h8-9,12-15,29H,10-11,16H2,1-7H3,(H,30,36)(H,31,35);4,6H2,1-3H3. The Kier molecular flexibility index (Phi) is 10.3. The normalized spacial score (nSPS) is 13.1. The van der Waals surface area contributed by atoms with E-state index in [0.717, 1.165) is 23.4 Å². The van der Waals surface area contributed by atoms with Crippen LogP contribution in [0.2, 0.25) is 0 Å². The van der Waals surface area contributed by atoms with Gasteiger partial charge in [-0.05, 0) is 65.1 Å². The molecule has 0 saturated carbocycles. The van der Waals surface area contributed by atoms with E-state index < -0.39 is 0 Å². The highest BCUT2D eigenvalue weighted by Crippen LogP contribution is 2.40. The van der Waals surface area contributed by atoms with Crippen molar-refractivity contribution in [2.24, 2.45) is 16.6 Å². The summed E-state index contributed by atoms with van der Waals surface area (Å²) in [7, 11) is 0. The average Bonchev–Trinajstić information content (AvgIpc) is 3.41. The third kappa shape index (κ3) is 9.54. The first-order valence-corrected chi connectivity index (χ1v) is 14.8. The summed E-state index contributed by atoms with van der Waals surface area (Å²) in [6, 6.07) is 9.41. The second-order valence-corrected chi connectivity index (χ2v) is 14.4. The maximum absolute atomic E-state index is 13.4. The van der Waals surface area contributed by atoms with Crippen molar-refractivity contribution < 1.29 is 14.3 Å². The number of ether oxygens (including phenoxy) is 1. The minimum Gasteiger partial charge on any atom is -0.487 e. The first kappa shape index (κ1) is 33.6. The summed E-state index contributed by atoms with van der Waals surface area (Å²) in [6.07, 6.45) is 1.57. The van der Waals surface area contributed by atoms with E-state index in [0.29, 0.717) is 47.8 Å². The van der Waals surface area contributed by atoms with Crippen molar-refractivity contribution in [3.63, 3.8) is 0 Å². The summed E-state index contributed by atoms with van der Waals surface area (Å²) >= 11 is 0. The summed E-state index contributed by atoms with van der Waals surface area (Å²) in [6.45, 7) is 23.3. The molecule has 3 aromatic rings. The van der Waals surface area contributed by atoms with E-state index in [1.54, 1.807) is 18.3 Å². The fourth-order valence-corrected chi connectivity index (χ4v) is 3.89. The monoisotopic (exact) mass is 591 g/mol. The molecule has 0 spiro atoms. The Hall–Kier alpha value is -3.92. The molecule has 43 heavy (non-hydrogen) atoms. The van der Waals surface area contributed by atoms with Crippen LogP contribution in [-0.2, 0) is 5.41 Å². The molecule has 1 aliphatic rings. The Morgan fingerprint density at radius 1 is 1.00 bits per heavy atom. The molecule has 234 valence electrons. The molecule has 0 radical (unpaired) electrons. The number of anilines is 2. The minimum atomic E-state index is -0.287. The topological polar surface area (TPSA) is 136 Å². The summed E-state index contributed by atoms with van der Waals surface area (Å²) in [5.74, 6) is 0.0823. The quantitative estimate of drug-likeness (QED) is 0.299. The van der Waals surface area contributed by atoms with Gasteiger partial charge in [-0.1, -0.05) is 73.6 Å². The van der Waals surface area contributed by atoms with Crippen LogP contribution >= 0.6 is 0 Å². The van der Waals surface area contributed by atoms with Crippen molar-refractivity contribution in [2.75, 3.05) is 36.9 Å². The van der Waals surface area contributed by atoms with Crippen molar-refractivity contribution in [2.45, 2.75) is 74.7 Å². The van der Waals surface area contributed by atoms with E-state index in [9.17, 15) is 9.59 Å². The van der Waals surface area contributed by atoms with Gasteiger partial charge in [0.1, 0.15) is 6.61 Å². The van der Waals surface area contributed by atoms with Crippen molar-refractivity contribution in [1.29, 1.82) is 0 Å². The smallest absolute Gasteiger partial charge is 0.273 e. The van der Waals surface area contributed by atoms with Crippen LogP contribution in [0, 0.1) is 17.8 Å². The largest absolute Gasteiger partial charge is 0.487 e. The number of hydrogen-bond donors (Lipinski definition) is 4. The van der Waals surface area contributed by atoms with Gasteiger partial charge in [0.25, 0.3) is 11.8 Å². The molecule has 2 heterocycles. The molecule has 10 nitrogen and oxygen atoms in total. The van der Waals surface area contributed by atoms with Crippen LogP contribution in [0.3, 0.4) is 0 Å². The number of aromatic nitrogens is 3. The van der Waals surface area contributed by atoms with Gasteiger partial charge in [-0.2, -0.15) is 0 Å². The van der Waals surface area contributed by atoms with Gasteiger partial charge < -0.3 is 26.4 Å². The van der Waals surface area contributed by atoms with Crippen LogP contribution < -0.4 is 26.4 Å². The van der Waals surface area contributed by atoms with E-state index in [1.165, 1.54) is 4.68 Å². The number of amides is 2. The average molecular weight is 592 g/mol. The van der Waals surface area contributed by atoms with Crippen LogP contribution in [0.1, 0.15) is 94.3 Å². The van der Waals surface area contributed by atoms with E-state index in [1.807, 2.05) is 39.8 Å². The number of aryl methyl sites for hydroxylation is 1. The fraction of sp³-hybridized carbons (Fsp3) is 0.515. The molecule has 0 atom stereocenters. The highest BCUT2D eigenvalue weighted by Gasteiger charge is 2.23. The lowest BCUT2D eigenvalue weighted by Gasteiger charge is -2.27. The predicted octanol–water partition coefficient (Wildman–Crippen LogP) is 5.70. The number of benzene rings is 2. The molecule has 0 unspecified atom stereocenters. The van der Waals surface area contributed by atoms with E-state index in [2.05, 4.69) is 73.9 Å². The van der Waals surface area contributed by atoms with Gasteiger partial charge in [0, 0.05) is 18.7 Å². The molecule has 0 fully saturated rings. The number of hydrogen-bond acceptors (Lipinski definition) is 7. The second kappa shape index (κ2) is 13.2. The van der Waals surface area contributed by atoms with Crippen LogP contribution in [0.4, 0.5) is 11.4 Å². The highest BCUT2D eigenvalue weighted by molar-refractivity contribution is 6.06. The van der Waals surface area contributed by atoms with E-state index in [4.69, 9.17) is 10.5 Å². The third-order valence-electron chi connectivity index (χ3n) is 6.70. The third-order valence-corrected chi connectivity index (χ3v) is 6.70. The summed E-state index contributed by atoms with van der Waals surface area (Å²) in [5.41, 5.74) is 10.3. The van der Waals surface area contributed by atoms with Gasteiger partial charge in [-0.15, -0.1) is 5.10 Å². The molecule has 1 aliphatic heterocycles. The lowest BCUT2D eigenvalue weighted by Crippen LogP contribution is -2.32. The van der Waals surface area contributed by atoms with Crippen molar-refractivity contribution in [3.05, 3.63) is 58.9 Å². The van der Waals surface area contributed by atoms with Gasteiger partial charge >= 0.3 is 0 Å². The van der Waals surface area contributed by atoms with Crippen LogP contribution in [0.5, 0.6) is 5.75 Å². The number of carbonyl (C=O) groups is 2. The predicted molar refractivity (Wildman–Crippen MR) is 173 cm³/mol. The second-order valence-electron chi connectivity index (χ2n) is 14.4. The Morgan fingerprint density at radius 2 is 1.67 bits per heavy atom. The van der Waals surface area contributed by atoms with Gasteiger partial charge in [-0.25, -0.2) is 4.68 Å². The zero-order valence-electron chi connectivity index (χ0n) is 27.4. The number of rotatable bonds is 5. The minimum absolute atomic E-state index is 0.0450. The Labute approximate surface area is 256 Å². The van der Waals surface area contributed by atoms with Crippen LogP contribution in [-0.4, -0.2) is 53.0 Å². The zero-order chi connectivity index (χ0) is 32.2. The van der Waals surface area contributed by atoms with Crippen molar-refractivity contribution in [1.82, 2.24) is 20.3 Å². The summed E-state index contributed by atoms with van der Waals surface area (Å²) in [5, 5.41) is 17.5. The summed E-state index contributed by atoms with van der Waals surface area (Å²) in [4.78, 5) is 25.9. The van der Waals surface area contributed by atoms with Gasteiger partial charge in [0.2, 0.25) is 0 Å². The maximum atomic E-state index is 13.4. The molecule has 0 saturated heterocycles. The number of nitrogens with zero attached hydrogens (tertiary/aromatic N) is 3. The van der Waals surface area contributed by atoms with Gasteiger partial charge in [0.05, 0.1) is 23.3 Å². The lowest BCUT2D eigenvalue weighted by atomic mass is 9.86. The molecule has 1 aromatic heterocycles. The molecule has 0 bridgehead atoms. The number of nitrogens with one attached hydrogen (secondary N) is 3. The molecule has 2 amide bonds. The van der Waals surface area contributed by atoms with E-state index in [-0.39, 0.29) is 28.3 Å².